The molecule has 0 aromatic carbocycles. The van der Waals surface area contributed by atoms with Gasteiger partial charge in [-0.15, -0.1) is 0 Å². The molecule has 3 heterocycles. The average Bonchev–Trinajstić information content (AvgIpc) is 2.83. The molecule has 0 aromatic heterocycles. The van der Waals surface area contributed by atoms with Gasteiger partial charge in [-0.1, -0.05) is 0 Å². The zero-order valence-electron chi connectivity index (χ0n) is 7.85. The highest BCUT2D eigenvalue weighted by Crippen LogP contribution is 2.36. The van der Waals surface area contributed by atoms with Crippen molar-refractivity contribution in [3.05, 3.63) is 0 Å². The maximum absolute atomic E-state index is 9.60. The van der Waals surface area contributed by atoms with Crippen LogP contribution in [0.15, 0.2) is 0 Å². The fourth-order valence-corrected chi connectivity index (χ4v) is 2.95. The van der Waals surface area contributed by atoms with Crippen LogP contribution < -0.4 is 0 Å². The summed E-state index contributed by atoms with van der Waals surface area (Å²) in [5.74, 6) is 0. The van der Waals surface area contributed by atoms with Crippen LogP contribution in [-0.4, -0.2) is 47.4 Å². The molecular formula is C10H17NO2. The minimum absolute atomic E-state index is 0.0335. The molecule has 3 atom stereocenters. The smallest absolute Gasteiger partial charge is 0.0936 e. The van der Waals surface area contributed by atoms with Crippen molar-refractivity contribution in [2.45, 2.75) is 50.0 Å². The number of fused-ring (bicyclic) bond motifs is 2. The van der Waals surface area contributed by atoms with Gasteiger partial charge in [-0.05, 0) is 25.7 Å². The molecule has 3 aliphatic heterocycles. The third kappa shape index (κ3) is 1.49. The van der Waals surface area contributed by atoms with Crippen molar-refractivity contribution in [3.63, 3.8) is 0 Å². The minimum atomic E-state index is -0.0335. The van der Waals surface area contributed by atoms with Crippen LogP contribution in [0.4, 0.5) is 0 Å². The van der Waals surface area contributed by atoms with Gasteiger partial charge in [0.25, 0.3) is 0 Å². The molecule has 74 valence electrons. The Morgan fingerprint density at radius 2 is 1.85 bits per heavy atom. The van der Waals surface area contributed by atoms with E-state index in [1.807, 2.05) is 0 Å². The van der Waals surface area contributed by atoms with Crippen molar-refractivity contribution in [3.8, 4) is 0 Å². The number of piperidine rings is 1. The van der Waals surface area contributed by atoms with E-state index < -0.39 is 0 Å². The molecule has 2 unspecified atom stereocenters. The zero-order valence-corrected chi connectivity index (χ0v) is 7.85. The number of hydrogen-bond donors (Lipinski definition) is 1. The SMILES string of the molecule is OC1CC2CCC(C1)N2C[C@H]1CO1. The molecule has 3 heteroatoms. The number of hydrogen-bond acceptors (Lipinski definition) is 3. The lowest BCUT2D eigenvalue weighted by Crippen LogP contribution is -2.46. The Morgan fingerprint density at radius 1 is 1.23 bits per heavy atom. The zero-order chi connectivity index (χ0) is 8.84. The average molecular weight is 183 g/mol. The number of nitrogens with zero attached hydrogens (tertiary/aromatic N) is 1. The van der Waals surface area contributed by atoms with Gasteiger partial charge < -0.3 is 9.84 Å². The Labute approximate surface area is 78.7 Å². The lowest BCUT2D eigenvalue weighted by atomic mass is 10.00. The van der Waals surface area contributed by atoms with Crippen molar-refractivity contribution in [1.29, 1.82) is 0 Å². The van der Waals surface area contributed by atoms with Crippen LogP contribution in [0.2, 0.25) is 0 Å². The maximum atomic E-state index is 9.60. The molecule has 3 rings (SSSR count). The van der Waals surface area contributed by atoms with E-state index in [-0.39, 0.29) is 6.10 Å². The predicted octanol–water partition coefficient (Wildman–Crippen LogP) is 0.373. The molecule has 0 aromatic rings. The summed E-state index contributed by atoms with van der Waals surface area (Å²) in [6.07, 6.45) is 5.03. The highest BCUT2D eigenvalue weighted by molar-refractivity contribution is 4.96. The number of rotatable bonds is 2. The first-order valence-corrected chi connectivity index (χ1v) is 5.38. The maximum Gasteiger partial charge on any atom is 0.0936 e. The molecule has 0 spiro atoms. The van der Waals surface area contributed by atoms with Crippen molar-refractivity contribution in [2.24, 2.45) is 0 Å². The van der Waals surface area contributed by atoms with Crippen LogP contribution in [0.25, 0.3) is 0 Å². The number of aliphatic hydroxyl groups is 1. The normalized spacial score (nSPS) is 49.6. The predicted molar refractivity (Wildman–Crippen MR) is 48.5 cm³/mol. The van der Waals surface area contributed by atoms with E-state index in [9.17, 15) is 5.11 Å². The largest absolute Gasteiger partial charge is 0.393 e. The van der Waals surface area contributed by atoms with Gasteiger partial charge in [-0.3, -0.25) is 4.90 Å². The summed E-state index contributed by atoms with van der Waals surface area (Å²) in [5.41, 5.74) is 0. The monoisotopic (exact) mass is 183 g/mol. The van der Waals surface area contributed by atoms with Crippen LogP contribution in [0.5, 0.6) is 0 Å². The van der Waals surface area contributed by atoms with Crippen molar-refractivity contribution < 1.29 is 9.84 Å². The lowest BCUT2D eigenvalue weighted by molar-refractivity contribution is 0.0319. The first-order chi connectivity index (χ1) is 6.33. The standard InChI is InChI=1S/C10H17NO2/c12-9-3-7-1-2-8(4-9)11(7)5-10-6-13-10/h7-10,12H,1-6H2/t7?,8?,9?,10-/m0/s1. The summed E-state index contributed by atoms with van der Waals surface area (Å²) in [6, 6.07) is 1.30. The molecule has 0 radical (unpaired) electrons. The van der Waals surface area contributed by atoms with Gasteiger partial charge in [0.1, 0.15) is 0 Å². The van der Waals surface area contributed by atoms with E-state index >= 15 is 0 Å². The summed E-state index contributed by atoms with van der Waals surface area (Å²) in [6.45, 7) is 2.07. The topological polar surface area (TPSA) is 36.0 Å². The summed E-state index contributed by atoms with van der Waals surface area (Å²) < 4.78 is 5.26. The summed E-state index contributed by atoms with van der Waals surface area (Å²) >= 11 is 0. The molecule has 3 fully saturated rings. The third-order valence-corrected chi connectivity index (χ3v) is 3.68. The van der Waals surface area contributed by atoms with Crippen molar-refractivity contribution >= 4 is 0 Å². The molecule has 0 aliphatic carbocycles. The fourth-order valence-electron chi connectivity index (χ4n) is 2.95. The number of epoxide rings is 1. The van der Waals surface area contributed by atoms with E-state index in [0.29, 0.717) is 18.2 Å². The molecule has 3 aliphatic rings. The van der Waals surface area contributed by atoms with Gasteiger partial charge in [0.15, 0.2) is 0 Å². The molecule has 2 bridgehead atoms. The highest BCUT2D eigenvalue weighted by atomic mass is 16.6. The molecule has 13 heavy (non-hydrogen) atoms. The lowest BCUT2D eigenvalue weighted by Gasteiger charge is -2.36. The summed E-state index contributed by atoms with van der Waals surface area (Å²) in [4.78, 5) is 2.57. The Kier molecular flexibility index (Phi) is 1.86. The minimum Gasteiger partial charge on any atom is -0.393 e. The molecule has 3 nitrogen and oxygen atoms in total. The van der Waals surface area contributed by atoms with E-state index in [1.165, 1.54) is 12.8 Å². The van der Waals surface area contributed by atoms with Gasteiger partial charge >= 0.3 is 0 Å². The Bertz CT molecular complexity index is 191. The van der Waals surface area contributed by atoms with E-state index in [1.54, 1.807) is 0 Å². The highest BCUT2D eigenvalue weighted by Gasteiger charge is 2.42. The fraction of sp³-hybridized carbons (Fsp3) is 1.00. The second kappa shape index (κ2) is 2.94. The van der Waals surface area contributed by atoms with Crippen LogP contribution in [0.3, 0.4) is 0 Å². The van der Waals surface area contributed by atoms with E-state index in [4.69, 9.17) is 4.74 Å². The second-order valence-corrected chi connectivity index (χ2v) is 4.66. The van der Waals surface area contributed by atoms with Crippen LogP contribution >= 0.6 is 0 Å². The van der Waals surface area contributed by atoms with Crippen LogP contribution in [-0.2, 0) is 4.74 Å². The second-order valence-electron chi connectivity index (χ2n) is 4.66. The third-order valence-electron chi connectivity index (χ3n) is 3.68. The van der Waals surface area contributed by atoms with Gasteiger partial charge in [0, 0.05) is 18.6 Å². The van der Waals surface area contributed by atoms with Gasteiger partial charge in [-0.2, -0.15) is 0 Å². The van der Waals surface area contributed by atoms with Gasteiger partial charge in [0.2, 0.25) is 0 Å². The molecule has 1 N–H and O–H groups in total. The van der Waals surface area contributed by atoms with Gasteiger partial charge in [0.05, 0.1) is 18.8 Å². The molecule has 0 amide bonds. The summed E-state index contributed by atoms with van der Waals surface area (Å²) in [7, 11) is 0. The van der Waals surface area contributed by atoms with Gasteiger partial charge in [-0.25, -0.2) is 0 Å². The first-order valence-electron chi connectivity index (χ1n) is 5.38. The molecule has 0 saturated carbocycles. The Hall–Kier alpha value is -0.120. The molecular weight excluding hydrogens is 166 g/mol. The summed E-state index contributed by atoms with van der Waals surface area (Å²) in [5, 5.41) is 9.60. The Balaban J connectivity index is 1.67. The van der Waals surface area contributed by atoms with Crippen molar-refractivity contribution in [1.82, 2.24) is 4.90 Å². The molecule has 3 saturated heterocycles. The Morgan fingerprint density at radius 3 is 2.38 bits per heavy atom. The number of ether oxygens (including phenoxy) is 1. The van der Waals surface area contributed by atoms with Crippen LogP contribution in [0.1, 0.15) is 25.7 Å². The van der Waals surface area contributed by atoms with E-state index in [2.05, 4.69) is 4.90 Å². The first kappa shape index (κ1) is 8.21. The van der Waals surface area contributed by atoms with Crippen LogP contribution in [0, 0.1) is 0 Å². The van der Waals surface area contributed by atoms with E-state index in [0.717, 1.165) is 26.0 Å². The number of aliphatic hydroxyl groups excluding tert-OH is 1. The van der Waals surface area contributed by atoms with Crippen molar-refractivity contribution in [2.75, 3.05) is 13.2 Å². The quantitative estimate of drug-likeness (QED) is 0.628.